The zero-order valence-electron chi connectivity index (χ0n) is 18.1. The summed E-state index contributed by atoms with van der Waals surface area (Å²) in [5, 5.41) is 3.21. The van der Waals surface area contributed by atoms with Gasteiger partial charge in [-0.25, -0.2) is 9.78 Å². The van der Waals surface area contributed by atoms with Crippen molar-refractivity contribution in [2.75, 3.05) is 18.5 Å². The molecule has 1 N–H and O–H groups in total. The Morgan fingerprint density at radius 1 is 1.25 bits per heavy atom. The van der Waals surface area contributed by atoms with E-state index in [0.29, 0.717) is 16.5 Å². The fourth-order valence-corrected chi connectivity index (χ4v) is 5.30. The van der Waals surface area contributed by atoms with Gasteiger partial charge in [0.25, 0.3) is 5.91 Å². The summed E-state index contributed by atoms with van der Waals surface area (Å²) in [5.41, 5.74) is 2.99. The van der Waals surface area contributed by atoms with E-state index < -0.39 is 24.5 Å². The summed E-state index contributed by atoms with van der Waals surface area (Å²) in [4.78, 5) is 42.6. The van der Waals surface area contributed by atoms with Crippen LogP contribution in [0.25, 0.3) is 11.0 Å². The van der Waals surface area contributed by atoms with E-state index in [4.69, 9.17) is 9.47 Å². The molecule has 1 atom stereocenters. The second-order valence-electron chi connectivity index (χ2n) is 7.85. The molecule has 0 aliphatic heterocycles. The molecular formula is C23H25N3O5S. The van der Waals surface area contributed by atoms with Crippen molar-refractivity contribution < 1.29 is 23.9 Å². The number of nitrogens with zero attached hydrogens (tertiary/aromatic N) is 2. The highest BCUT2D eigenvalue weighted by Gasteiger charge is 2.29. The summed E-state index contributed by atoms with van der Waals surface area (Å²) in [6, 6.07) is 7.45. The lowest BCUT2D eigenvalue weighted by Crippen LogP contribution is -2.23. The Bertz CT molecular complexity index is 1170. The SMILES string of the molecule is CCOC(=O)c1c(NC(=O)COC(=O)Cn2cnc3ccccc32)sc2c1CC[C@@H](C)C2. The fourth-order valence-electron chi connectivity index (χ4n) is 3.89. The summed E-state index contributed by atoms with van der Waals surface area (Å²) in [6.45, 7) is 3.70. The molecule has 1 aromatic carbocycles. The Kier molecular flexibility index (Phi) is 6.55. The van der Waals surface area contributed by atoms with E-state index in [9.17, 15) is 14.4 Å². The number of thiophene rings is 1. The number of amides is 1. The maximum absolute atomic E-state index is 12.6. The standard InChI is InChI=1S/C23H25N3O5S/c1-3-30-23(29)21-15-9-8-14(2)10-18(15)32-22(21)25-19(27)12-31-20(28)11-26-13-24-16-6-4-5-7-17(16)26/h4-7,13-14H,3,8-12H2,1-2H3,(H,25,27)/t14-/m1/s1. The number of hydrogen-bond donors (Lipinski definition) is 1. The zero-order valence-corrected chi connectivity index (χ0v) is 18.9. The number of anilines is 1. The number of benzene rings is 1. The summed E-state index contributed by atoms with van der Waals surface area (Å²) in [7, 11) is 0. The van der Waals surface area contributed by atoms with E-state index in [0.717, 1.165) is 40.7 Å². The van der Waals surface area contributed by atoms with Crippen molar-refractivity contribution in [3.8, 4) is 0 Å². The highest BCUT2D eigenvalue weighted by Crippen LogP contribution is 2.40. The smallest absolute Gasteiger partial charge is 0.341 e. The predicted octanol–water partition coefficient (Wildman–Crippen LogP) is 3.58. The van der Waals surface area contributed by atoms with Crippen molar-refractivity contribution in [3.05, 3.63) is 46.6 Å². The topological polar surface area (TPSA) is 99.5 Å². The Hall–Kier alpha value is -3.20. The highest BCUT2D eigenvalue weighted by atomic mass is 32.1. The first kappa shape index (κ1) is 22.0. The van der Waals surface area contributed by atoms with E-state index in [2.05, 4.69) is 17.2 Å². The van der Waals surface area contributed by atoms with Gasteiger partial charge >= 0.3 is 11.9 Å². The summed E-state index contributed by atoms with van der Waals surface area (Å²) < 4.78 is 12.0. The van der Waals surface area contributed by atoms with E-state index in [1.54, 1.807) is 17.8 Å². The molecule has 0 saturated heterocycles. The average molecular weight is 456 g/mol. The van der Waals surface area contributed by atoms with Crippen LogP contribution in [0.1, 0.15) is 41.1 Å². The van der Waals surface area contributed by atoms with Gasteiger partial charge in [0.2, 0.25) is 0 Å². The van der Waals surface area contributed by atoms with Crippen molar-refractivity contribution in [1.82, 2.24) is 9.55 Å². The van der Waals surface area contributed by atoms with Gasteiger partial charge in [-0.05, 0) is 49.8 Å². The van der Waals surface area contributed by atoms with Crippen molar-refractivity contribution in [3.63, 3.8) is 0 Å². The molecule has 168 valence electrons. The van der Waals surface area contributed by atoms with Crippen molar-refractivity contribution in [2.45, 2.75) is 39.7 Å². The Morgan fingerprint density at radius 2 is 2.06 bits per heavy atom. The van der Waals surface area contributed by atoms with Gasteiger partial charge in [-0.2, -0.15) is 0 Å². The number of hydrogen-bond acceptors (Lipinski definition) is 7. The lowest BCUT2D eigenvalue weighted by molar-refractivity contribution is -0.147. The Labute approximate surface area is 189 Å². The van der Waals surface area contributed by atoms with Crippen LogP contribution >= 0.6 is 11.3 Å². The largest absolute Gasteiger partial charge is 0.462 e. The van der Waals surface area contributed by atoms with Crippen LogP contribution in [0.2, 0.25) is 0 Å². The number of aromatic nitrogens is 2. The number of carbonyl (C=O) groups is 3. The predicted molar refractivity (Wildman–Crippen MR) is 121 cm³/mol. The minimum absolute atomic E-state index is 0.0486. The van der Waals surface area contributed by atoms with Gasteiger partial charge in [-0.1, -0.05) is 19.1 Å². The van der Waals surface area contributed by atoms with Crippen molar-refractivity contribution in [1.29, 1.82) is 0 Å². The number of carbonyl (C=O) groups excluding carboxylic acids is 3. The molecule has 32 heavy (non-hydrogen) atoms. The maximum atomic E-state index is 12.6. The van der Waals surface area contributed by atoms with E-state index in [1.165, 1.54) is 11.3 Å². The van der Waals surface area contributed by atoms with Crippen molar-refractivity contribution >= 4 is 45.2 Å². The number of nitrogens with one attached hydrogen (secondary N) is 1. The third-order valence-corrected chi connectivity index (χ3v) is 6.61. The average Bonchev–Trinajstić information content (AvgIpc) is 3.33. The fraction of sp³-hybridized carbons (Fsp3) is 0.391. The molecule has 0 bridgehead atoms. The monoisotopic (exact) mass is 455 g/mol. The molecule has 1 aliphatic rings. The van der Waals surface area contributed by atoms with Crippen LogP contribution < -0.4 is 5.32 Å². The zero-order chi connectivity index (χ0) is 22.7. The van der Waals surface area contributed by atoms with Gasteiger partial charge < -0.3 is 19.4 Å². The molecule has 8 nitrogen and oxygen atoms in total. The second-order valence-corrected chi connectivity index (χ2v) is 8.95. The lowest BCUT2D eigenvalue weighted by Gasteiger charge is -2.18. The third-order valence-electron chi connectivity index (χ3n) is 5.44. The minimum atomic E-state index is -0.548. The molecule has 3 aromatic rings. The first-order valence-corrected chi connectivity index (χ1v) is 11.4. The minimum Gasteiger partial charge on any atom is -0.462 e. The number of rotatable bonds is 7. The van der Waals surface area contributed by atoms with Crippen LogP contribution in [0.3, 0.4) is 0 Å². The molecular weight excluding hydrogens is 430 g/mol. The second kappa shape index (κ2) is 9.52. The van der Waals surface area contributed by atoms with Crippen LogP contribution in [0.5, 0.6) is 0 Å². The van der Waals surface area contributed by atoms with E-state index in [-0.39, 0.29) is 13.2 Å². The molecule has 0 saturated carbocycles. The molecule has 1 aliphatic carbocycles. The summed E-state index contributed by atoms with van der Waals surface area (Å²) in [5.74, 6) is -0.946. The highest BCUT2D eigenvalue weighted by molar-refractivity contribution is 7.17. The maximum Gasteiger partial charge on any atom is 0.341 e. The van der Waals surface area contributed by atoms with Gasteiger partial charge in [0.05, 0.1) is 29.5 Å². The molecule has 0 spiro atoms. The van der Waals surface area contributed by atoms with Crippen molar-refractivity contribution in [2.24, 2.45) is 5.92 Å². The first-order chi connectivity index (χ1) is 15.5. The van der Waals surface area contributed by atoms with Gasteiger partial charge in [0.1, 0.15) is 11.5 Å². The molecule has 4 rings (SSSR count). The Morgan fingerprint density at radius 3 is 2.88 bits per heavy atom. The van der Waals surface area contributed by atoms with Crippen LogP contribution in [-0.2, 0) is 38.4 Å². The van der Waals surface area contributed by atoms with Crippen LogP contribution in [0, 0.1) is 5.92 Å². The van der Waals surface area contributed by atoms with E-state index >= 15 is 0 Å². The molecule has 2 aromatic heterocycles. The lowest BCUT2D eigenvalue weighted by atomic mass is 9.88. The number of esters is 2. The van der Waals surface area contributed by atoms with Crippen LogP contribution in [-0.4, -0.2) is 40.6 Å². The number of fused-ring (bicyclic) bond motifs is 2. The molecule has 1 amide bonds. The molecule has 0 unspecified atom stereocenters. The van der Waals surface area contributed by atoms with Gasteiger partial charge in [-0.15, -0.1) is 11.3 Å². The molecule has 9 heteroatoms. The first-order valence-electron chi connectivity index (χ1n) is 10.6. The third kappa shape index (κ3) is 4.67. The molecule has 0 radical (unpaired) electrons. The number of para-hydroxylation sites is 2. The quantitative estimate of drug-likeness (QED) is 0.547. The summed E-state index contributed by atoms with van der Waals surface area (Å²) in [6.07, 6.45) is 4.21. The normalized spacial score (nSPS) is 15.2. The number of ether oxygens (including phenoxy) is 2. The molecule has 2 heterocycles. The molecule has 0 fully saturated rings. The summed E-state index contributed by atoms with van der Waals surface area (Å²) >= 11 is 1.40. The van der Waals surface area contributed by atoms with Gasteiger partial charge in [0.15, 0.2) is 6.61 Å². The van der Waals surface area contributed by atoms with Gasteiger partial charge in [-0.3, -0.25) is 9.59 Å². The van der Waals surface area contributed by atoms with Crippen LogP contribution in [0.4, 0.5) is 5.00 Å². The van der Waals surface area contributed by atoms with Crippen LogP contribution in [0.15, 0.2) is 30.6 Å². The van der Waals surface area contributed by atoms with E-state index in [1.807, 2.05) is 24.3 Å². The van der Waals surface area contributed by atoms with Gasteiger partial charge in [0, 0.05) is 4.88 Å². The number of imidazole rings is 1. The Balaban J connectivity index is 1.40.